The summed E-state index contributed by atoms with van der Waals surface area (Å²) in [5.41, 5.74) is 16.2. The second-order valence-corrected chi connectivity index (χ2v) is 22.6. The van der Waals surface area contributed by atoms with E-state index in [1.807, 2.05) is 72.9 Å². The molecule has 4 N–H and O–H groups in total. The highest BCUT2D eigenvalue weighted by molar-refractivity contribution is 7.20. The van der Waals surface area contributed by atoms with Crippen molar-refractivity contribution in [2.24, 2.45) is 0 Å². The number of Topliss-reactive ketones (excluding diaryl/α,β-unsaturated/α-hetero) is 1. The van der Waals surface area contributed by atoms with Gasteiger partial charge in [0.25, 0.3) is 0 Å². The number of carbonyl (C=O) groups excluding carboxylic acids is 1. The van der Waals surface area contributed by atoms with Gasteiger partial charge in [0.1, 0.15) is 11.5 Å². The Labute approximate surface area is 471 Å². The van der Waals surface area contributed by atoms with Gasteiger partial charge in [0.15, 0.2) is 0 Å². The number of rotatable bonds is 18. The maximum atomic E-state index is 11.0. The summed E-state index contributed by atoms with van der Waals surface area (Å²) >= 11 is 5.15. The van der Waals surface area contributed by atoms with Gasteiger partial charge in [-0.15, -0.1) is 34.0 Å². The van der Waals surface area contributed by atoms with Gasteiger partial charge in [0.05, 0.1) is 44.9 Å². The molecule has 0 spiro atoms. The highest BCUT2D eigenvalue weighted by Crippen LogP contribution is 2.35. The molecule has 0 aliphatic heterocycles. The van der Waals surface area contributed by atoms with Gasteiger partial charge >= 0.3 is 0 Å². The minimum atomic E-state index is 0.108. The largest absolute Gasteiger partial charge is 0.467 e. The lowest BCUT2D eigenvalue weighted by Crippen LogP contribution is -2.08. The Morgan fingerprint density at radius 3 is 1.56 bits per heavy atom. The minimum absolute atomic E-state index is 0.108. The molecule has 0 unspecified atom stereocenters. The average Bonchev–Trinajstić information content (AvgIpc) is 4.32. The Hall–Kier alpha value is -8.35. The fraction of sp³-hybridized carbons (Fsp3) is 0.149. The van der Waals surface area contributed by atoms with E-state index in [-0.39, 0.29) is 5.78 Å². The number of aromatic nitrogens is 2. The van der Waals surface area contributed by atoms with Crippen LogP contribution in [0.15, 0.2) is 217 Å². The molecule has 6 aromatic carbocycles. The number of ketones is 1. The van der Waals surface area contributed by atoms with Crippen LogP contribution in [0.4, 0.5) is 26.6 Å². The van der Waals surface area contributed by atoms with Gasteiger partial charge in [-0.05, 0) is 159 Å². The van der Waals surface area contributed by atoms with E-state index < -0.39 is 0 Å². The number of benzene rings is 6. The van der Waals surface area contributed by atoms with Crippen LogP contribution in [0.5, 0.6) is 0 Å². The summed E-state index contributed by atoms with van der Waals surface area (Å²) in [6, 6.07) is 70.4. The molecule has 11 rings (SSSR count). The van der Waals surface area contributed by atoms with Crippen LogP contribution in [0, 0.1) is 27.7 Å². The summed E-state index contributed by atoms with van der Waals surface area (Å²) in [6.45, 7) is 11.9. The van der Waals surface area contributed by atoms with Crippen LogP contribution in [0.3, 0.4) is 0 Å². The number of hydrogen-bond acceptors (Lipinski definition) is 11. The molecule has 0 aliphatic rings. The summed E-state index contributed by atoms with van der Waals surface area (Å²) in [4.78, 5) is 23.5. The van der Waals surface area contributed by atoms with Crippen molar-refractivity contribution in [3.8, 4) is 31.5 Å². The summed E-state index contributed by atoms with van der Waals surface area (Å²) in [6.07, 6.45) is 5.38. The summed E-state index contributed by atoms with van der Waals surface area (Å²) in [5, 5.41) is 16.6. The summed E-state index contributed by atoms with van der Waals surface area (Å²) in [5.74, 6) is 1.61. The zero-order valence-electron chi connectivity index (χ0n) is 44.7. The highest BCUT2D eigenvalue weighted by Gasteiger charge is 2.10. The standard InChI is InChI=1S/C26H25NS.C23H21NOS.C18H18N4OS/c1-19-9-11-21(12-10-19)18-27-26-14-13-25(28-26)24-8-4-7-23(17-24)16-22-6-3-5-20(2)15-22;1-17-5-2-6-18(13-17)14-19-7-3-8-20(15-19)22-10-11-23(26-22)24-16-21-9-4-12-25-21;1-12-4-3-5-14(10-12)21-18-19-9-8-15(22-18)16-6-7-17(24-16)20-11-13(2)23/h3-15,17,27H,16,18H2,1-2H3;2-13,15,24H,14,16H2,1H3;3-10,20H,11H2,1-2H3,(H,19,21,22). The number of anilines is 5. The van der Waals surface area contributed by atoms with E-state index in [1.54, 1.807) is 42.1 Å². The Morgan fingerprint density at radius 2 is 1.00 bits per heavy atom. The first-order chi connectivity index (χ1) is 38.0. The van der Waals surface area contributed by atoms with Crippen molar-refractivity contribution < 1.29 is 9.21 Å². The van der Waals surface area contributed by atoms with Crippen molar-refractivity contribution in [3.05, 3.63) is 268 Å². The van der Waals surface area contributed by atoms with Crippen LogP contribution in [0.2, 0.25) is 0 Å². The van der Waals surface area contributed by atoms with E-state index in [2.05, 4.69) is 198 Å². The molecule has 5 heterocycles. The lowest BCUT2D eigenvalue weighted by atomic mass is 10.0. The molecule has 0 radical (unpaired) electrons. The maximum absolute atomic E-state index is 11.0. The van der Waals surface area contributed by atoms with Crippen molar-refractivity contribution in [2.45, 2.75) is 60.5 Å². The molecule has 392 valence electrons. The second kappa shape index (κ2) is 27.1. The van der Waals surface area contributed by atoms with Crippen LogP contribution in [-0.4, -0.2) is 22.3 Å². The quantitative estimate of drug-likeness (QED) is 0.0674. The van der Waals surface area contributed by atoms with E-state index >= 15 is 0 Å². The van der Waals surface area contributed by atoms with Gasteiger partial charge in [-0.3, -0.25) is 4.79 Å². The first-order valence-corrected chi connectivity index (χ1v) is 28.5. The average molecular weight is 1080 g/mol. The maximum Gasteiger partial charge on any atom is 0.227 e. The van der Waals surface area contributed by atoms with Crippen molar-refractivity contribution in [1.82, 2.24) is 9.97 Å². The van der Waals surface area contributed by atoms with Crippen LogP contribution in [0.1, 0.15) is 62.8 Å². The molecule has 0 bridgehead atoms. The Balaban J connectivity index is 0.000000143. The monoisotopic (exact) mass is 1080 g/mol. The number of hydrogen-bond donors (Lipinski definition) is 4. The predicted molar refractivity (Wildman–Crippen MR) is 331 cm³/mol. The number of furan rings is 1. The van der Waals surface area contributed by atoms with Crippen molar-refractivity contribution >= 4 is 66.4 Å². The molecule has 0 amide bonds. The number of nitrogens with zero attached hydrogens (tertiary/aromatic N) is 2. The van der Waals surface area contributed by atoms with Crippen LogP contribution < -0.4 is 21.3 Å². The third-order valence-corrected chi connectivity index (χ3v) is 15.8. The number of thiophene rings is 3. The fourth-order valence-electron chi connectivity index (χ4n) is 8.63. The SMILES string of the molecule is CC(=O)CNc1ccc(-c2ccnc(Nc3cccc(C)c3)n2)s1.Cc1ccc(CNc2ccc(-c3cccc(Cc4cccc(C)c4)c3)s2)cc1.Cc1cccc(Cc2cccc(-c3ccc(NCc4ccco4)s3)c2)c1. The number of carbonyl (C=O) groups is 1. The zero-order valence-corrected chi connectivity index (χ0v) is 47.1. The van der Waals surface area contributed by atoms with E-state index in [0.29, 0.717) is 19.0 Å². The summed E-state index contributed by atoms with van der Waals surface area (Å²) < 4.78 is 5.37. The van der Waals surface area contributed by atoms with Crippen LogP contribution in [0.25, 0.3) is 31.5 Å². The molecule has 0 aliphatic carbocycles. The van der Waals surface area contributed by atoms with Crippen LogP contribution in [-0.2, 0) is 30.7 Å². The van der Waals surface area contributed by atoms with Gasteiger partial charge in [0.2, 0.25) is 5.95 Å². The normalized spacial score (nSPS) is 10.7. The Morgan fingerprint density at radius 1 is 0.474 bits per heavy atom. The molecule has 0 fully saturated rings. The second-order valence-electron chi connectivity index (χ2n) is 19.3. The third kappa shape index (κ3) is 16.6. The Bertz CT molecular complexity index is 3670. The van der Waals surface area contributed by atoms with E-state index in [4.69, 9.17) is 4.42 Å². The molecule has 11 heteroatoms. The van der Waals surface area contributed by atoms with Crippen molar-refractivity contribution in [2.75, 3.05) is 27.8 Å². The first kappa shape index (κ1) is 54.4. The molecular formula is C67H64N6O2S3. The molecule has 78 heavy (non-hydrogen) atoms. The fourth-order valence-corrected chi connectivity index (χ4v) is 11.3. The zero-order chi connectivity index (χ0) is 54.1. The van der Waals surface area contributed by atoms with Gasteiger partial charge in [0, 0.05) is 28.2 Å². The van der Waals surface area contributed by atoms with E-state index in [1.165, 1.54) is 76.0 Å². The lowest BCUT2D eigenvalue weighted by molar-refractivity contribution is -0.115. The molecule has 11 aromatic rings. The van der Waals surface area contributed by atoms with Crippen molar-refractivity contribution in [3.63, 3.8) is 0 Å². The first-order valence-electron chi connectivity index (χ1n) is 26.1. The molecule has 0 saturated carbocycles. The Kier molecular flexibility index (Phi) is 18.9. The third-order valence-electron chi connectivity index (χ3n) is 12.5. The number of nitrogens with one attached hydrogen (secondary N) is 4. The predicted octanol–water partition coefficient (Wildman–Crippen LogP) is 18.0. The molecule has 8 nitrogen and oxygen atoms in total. The van der Waals surface area contributed by atoms with E-state index in [0.717, 1.165) is 51.4 Å². The van der Waals surface area contributed by atoms with Crippen molar-refractivity contribution in [1.29, 1.82) is 0 Å². The highest BCUT2D eigenvalue weighted by atomic mass is 32.1. The minimum Gasteiger partial charge on any atom is -0.467 e. The van der Waals surface area contributed by atoms with Crippen LogP contribution >= 0.6 is 34.0 Å². The number of aryl methyl sites for hydroxylation is 4. The molecular weight excluding hydrogens is 1020 g/mol. The molecule has 0 saturated heterocycles. The summed E-state index contributed by atoms with van der Waals surface area (Å²) in [7, 11) is 0. The van der Waals surface area contributed by atoms with E-state index in [9.17, 15) is 4.79 Å². The topological polar surface area (TPSA) is 104 Å². The van der Waals surface area contributed by atoms with Gasteiger partial charge < -0.3 is 25.7 Å². The smallest absolute Gasteiger partial charge is 0.227 e. The van der Waals surface area contributed by atoms with Gasteiger partial charge in [-0.1, -0.05) is 150 Å². The molecule has 0 atom stereocenters. The van der Waals surface area contributed by atoms with Gasteiger partial charge in [-0.2, -0.15) is 0 Å². The lowest BCUT2D eigenvalue weighted by Gasteiger charge is -2.06. The van der Waals surface area contributed by atoms with Gasteiger partial charge in [-0.25, -0.2) is 9.97 Å². The molecule has 5 aromatic heterocycles.